The summed E-state index contributed by atoms with van der Waals surface area (Å²) in [6.45, 7) is 0. The molecule has 8 heteroatoms. The summed E-state index contributed by atoms with van der Waals surface area (Å²) in [5, 5.41) is 17.5. The summed E-state index contributed by atoms with van der Waals surface area (Å²) in [7, 11) is 0. The van der Waals surface area contributed by atoms with Crippen LogP contribution in [-0.4, -0.2) is 16.6 Å². The third-order valence-corrected chi connectivity index (χ3v) is 3.28. The SMILES string of the molecule is N#Cc1ccc(SC(F)(F)F)c(C(=O)O)c1Br. The Bertz CT molecular complexity index is 510. The summed E-state index contributed by atoms with van der Waals surface area (Å²) in [4.78, 5) is 10.4. The van der Waals surface area contributed by atoms with E-state index in [9.17, 15) is 18.0 Å². The lowest BCUT2D eigenvalue weighted by molar-refractivity contribution is -0.0328. The van der Waals surface area contributed by atoms with Crippen LogP contribution in [-0.2, 0) is 0 Å². The molecule has 0 radical (unpaired) electrons. The van der Waals surface area contributed by atoms with Crippen molar-refractivity contribution >= 4 is 33.7 Å². The molecule has 0 saturated heterocycles. The molecule has 1 rings (SSSR count). The number of carboxylic acids is 1. The maximum absolute atomic E-state index is 12.2. The molecule has 1 aromatic carbocycles. The van der Waals surface area contributed by atoms with Crippen LogP contribution in [0, 0.1) is 11.3 Å². The smallest absolute Gasteiger partial charge is 0.446 e. The first-order valence-corrected chi connectivity index (χ1v) is 5.59. The van der Waals surface area contributed by atoms with E-state index in [-0.39, 0.29) is 10.0 Å². The number of benzene rings is 1. The second-order valence-electron chi connectivity index (χ2n) is 2.77. The molecular weight excluding hydrogens is 323 g/mol. The van der Waals surface area contributed by atoms with Gasteiger partial charge in [0.15, 0.2) is 0 Å². The second-order valence-corrected chi connectivity index (χ2v) is 4.66. The fraction of sp³-hybridized carbons (Fsp3) is 0.111. The van der Waals surface area contributed by atoms with Crippen LogP contribution in [0.25, 0.3) is 0 Å². The first-order valence-electron chi connectivity index (χ1n) is 3.98. The monoisotopic (exact) mass is 325 g/mol. The molecule has 0 spiro atoms. The first kappa shape index (κ1) is 13.9. The maximum atomic E-state index is 12.2. The first-order chi connectivity index (χ1) is 7.76. The molecule has 17 heavy (non-hydrogen) atoms. The second kappa shape index (κ2) is 4.98. The zero-order chi connectivity index (χ0) is 13.2. The van der Waals surface area contributed by atoms with Gasteiger partial charge in [-0.15, -0.1) is 0 Å². The lowest BCUT2D eigenvalue weighted by Gasteiger charge is -2.10. The molecule has 0 aromatic heterocycles. The van der Waals surface area contributed by atoms with Gasteiger partial charge in [0.1, 0.15) is 6.07 Å². The lowest BCUT2D eigenvalue weighted by atomic mass is 10.1. The van der Waals surface area contributed by atoms with E-state index in [0.29, 0.717) is 0 Å². The molecule has 0 atom stereocenters. The van der Waals surface area contributed by atoms with Gasteiger partial charge in [-0.05, 0) is 39.8 Å². The van der Waals surface area contributed by atoms with Crippen molar-refractivity contribution in [3.8, 4) is 6.07 Å². The number of carbonyl (C=O) groups is 1. The quantitative estimate of drug-likeness (QED) is 0.843. The van der Waals surface area contributed by atoms with Gasteiger partial charge in [0, 0.05) is 4.90 Å². The Labute approximate surface area is 106 Å². The molecule has 90 valence electrons. The van der Waals surface area contributed by atoms with E-state index in [1.54, 1.807) is 6.07 Å². The number of nitrogens with zero attached hydrogens (tertiary/aromatic N) is 1. The Morgan fingerprint density at radius 1 is 1.47 bits per heavy atom. The van der Waals surface area contributed by atoms with Crippen LogP contribution in [0.3, 0.4) is 0 Å². The van der Waals surface area contributed by atoms with Crippen LogP contribution < -0.4 is 0 Å². The Balaban J connectivity index is 3.38. The summed E-state index contributed by atoms with van der Waals surface area (Å²) < 4.78 is 36.4. The summed E-state index contributed by atoms with van der Waals surface area (Å²) in [5.74, 6) is -1.53. The van der Waals surface area contributed by atoms with Crippen molar-refractivity contribution in [3.63, 3.8) is 0 Å². The highest BCUT2D eigenvalue weighted by Crippen LogP contribution is 2.41. The van der Waals surface area contributed by atoms with Gasteiger partial charge in [-0.3, -0.25) is 0 Å². The Morgan fingerprint density at radius 3 is 2.47 bits per heavy atom. The van der Waals surface area contributed by atoms with Gasteiger partial charge in [-0.25, -0.2) is 4.79 Å². The molecule has 0 bridgehead atoms. The third kappa shape index (κ3) is 3.38. The lowest BCUT2D eigenvalue weighted by Crippen LogP contribution is -2.06. The average molecular weight is 326 g/mol. The van der Waals surface area contributed by atoms with E-state index in [1.165, 1.54) is 0 Å². The van der Waals surface area contributed by atoms with Gasteiger partial charge in [0.05, 0.1) is 15.6 Å². The summed E-state index contributed by atoms with van der Waals surface area (Å²) in [5.41, 5.74) is -5.18. The molecular formula is C9H3BrF3NO2S. The van der Waals surface area contributed by atoms with Crippen molar-refractivity contribution in [2.45, 2.75) is 10.4 Å². The molecule has 1 N–H and O–H groups in total. The number of hydrogen-bond donors (Lipinski definition) is 1. The number of halogens is 4. The normalized spacial score (nSPS) is 11.0. The number of thioether (sulfide) groups is 1. The fourth-order valence-electron chi connectivity index (χ4n) is 1.05. The molecule has 3 nitrogen and oxygen atoms in total. The summed E-state index contributed by atoms with van der Waals surface area (Å²) >= 11 is 2.29. The van der Waals surface area contributed by atoms with Gasteiger partial charge in [-0.1, -0.05) is 0 Å². The van der Waals surface area contributed by atoms with E-state index >= 15 is 0 Å². The van der Waals surface area contributed by atoms with Crippen LogP contribution in [0.1, 0.15) is 15.9 Å². The molecule has 0 fully saturated rings. The van der Waals surface area contributed by atoms with E-state index in [1.807, 2.05) is 0 Å². The van der Waals surface area contributed by atoms with Crippen molar-refractivity contribution in [3.05, 3.63) is 27.7 Å². The zero-order valence-corrected chi connectivity index (χ0v) is 10.3. The topological polar surface area (TPSA) is 61.1 Å². The number of hydrogen-bond acceptors (Lipinski definition) is 3. The third-order valence-electron chi connectivity index (χ3n) is 1.66. The van der Waals surface area contributed by atoms with Gasteiger partial charge in [0.25, 0.3) is 0 Å². The molecule has 0 heterocycles. The van der Waals surface area contributed by atoms with Crippen molar-refractivity contribution in [2.75, 3.05) is 0 Å². The van der Waals surface area contributed by atoms with E-state index in [4.69, 9.17) is 10.4 Å². The average Bonchev–Trinajstić information content (AvgIpc) is 2.14. The summed E-state index contributed by atoms with van der Waals surface area (Å²) in [6, 6.07) is 3.77. The largest absolute Gasteiger partial charge is 0.478 e. The number of rotatable bonds is 2. The number of alkyl halides is 3. The van der Waals surface area contributed by atoms with Gasteiger partial charge in [-0.2, -0.15) is 18.4 Å². The molecule has 0 aliphatic rings. The van der Waals surface area contributed by atoms with Crippen molar-refractivity contribution in [1.82, 2.24) is 0 Å². The van der Waals surface area contributed by atoms with E-state index in [2.05, 4.69) is 15.9 Å². The van der Waals surface area contributed by atoms with Crippen LogP contribution in [0.4, 0.5) is 13.2 Å². The molecule has 1 aromatic rings. The van der Waals surface area contributed by atoms with Crippen molar-refractivity contribution in [2.24, 2.45) is 0 Å². The predicted molar refractivity (Wildman–Crippen MR) is 57.7 cm³/mol. The molecule has 0 aliphatic heterocycles. The Kier molecular flexibility index (Phi) is 4.06. The standard InChI is InChI=1S/C9H3BrF3NO2S/c10-7-4(3-14)1-2-5(6(7)8(15)16)17-9(11,12)13/h1-2H,(H,15,16). The fourth-order valence-corrected chi connectivity index (χ4v) is 2.47. The van der Waals surface area contributed by atoms with Crippen LogP contribution in [0.2, 0.25) is 0 Å². The maximum Gasteiger partial charge on any atom is 0.446 e. The summed E-state index contributed by atoms with van der Waals surface area (Å²) in [6.07, 6.45) is 0. The molecule has 0 unspecified atom stereocenters. The van der Waals surface area contributed by atoms with Gasteiger partial charge < -0.3 is 5.11 Å². The minimum Gasteiger partial charge on any atom is -0.478 e. The van der Waals surface area contributed by atoms with Crippen molar-refractivity contribution < 1.29 is 23.1 Å². The van der Waals surface area contributed by atoms with Gasteiger partial charge >= 0.3 is 11.5 Å². The minimum atomic E-state index is -4.59. The van der Waals surface area contributed by atoms with E-state index < -0.39 is 33.7 Å². The van der Waals surface area contributed by atoms with Crippen molar-refractivity contribution in [1.29, 1.82) is 5.26 Å². The van der Waals surface area contributed by atoms with Gasteiger partial charge in [0.2, 0.25) is 0 Å². The number of nitriles is 1. The molecule has 0 amide bonds. The minimum absolute atomic E-state index is 0.0334. The van der Waals surface area contributed by atoms with E-state index in [0.717, 1.165) is 12.1 Å². The molecule has 0 saturated carbocycles. The number of carboxylic acid groups (broad SMARTS) is 1. The zero-order valence-electron chi connectivity index (χ0n) is 7.88. The Hall–Kier alpha value is -1.20. The Morgan fingerprint density at radius 2 is 2.06 bits per heavy atom. The van der Waals surface area contributed by atoms with Crippen LogP contribution >= 0.6 is 27.7 Å². The highest BCUT2D eigenvalue weighted by atomic mass is 79.9. The predicted octanol–water partition coefficient (Wildman–Crippen LogP) is 3.63. The van der Waals surface area contributed by atoms with Crippen LogP contribution in [0.15, 0.2) is 21.5 Å². The van der Waals surface area contributed by atoms with Crippen LogP contribution in [0.5, 0.6) is 0 Å². The highest BCUT2D eigenvalue weighted by molar-refractivity contribution is 9.10. The highest BCUT2D eigenvalue weighted by Gasteiger charge is 2.32. The number of aromatic carboxylic acids is 1. The molecule has 0 aliphatic carbocycles.